The lowest BCUT2D eigenvalue weighted by atomic mass is 9.99. The molecule has 0 bridgehead atoms. The second kappa shape index (κ2) is 8.72. The van der Waals surface area contributed by atoms with Crippen LogP contribution in [-0.2, 0) is 22.4 Å². The number of carbonyl (C=O) groups excluding carboxylic acids is 1. The average molecular weight is 372 g/mol. The largest absolute Gasteiger partial charge is 0.381 e. The fourth-order valence-corrected chi connectivity index (χ4v) is 4.95. The highest BCUT2D eigenvalue weighted by atomic mass is 16.5. The van der Waals surface area contributed by atoms with Gasteiger partial charge in [0.25, 0.3) is 0 Å². The molecule has 2 fully saturated rings. The van der Waals surface area contributed by atoms with Gasteiger partial charge in [-0.3, -0.25) is 9.69 Å². The molecule has 1 aromatic rings. The molecule has 5 nitrogen and oxygen atoms in total. The normalized spacial score (nSPS) is 28.3. The Morgan fingerprint density at radius 1 is 0.963 bits per heavy atom. The van der Waals surface area contributed by atoms with E-state index >= 15 is 0 Å². The maximum Gasteiger partial charge on any atom is 0.226 e. The molecule has 3 heterocycles. The van der Waals surface area contributed by atoms with E-state index < -0.39 is 0 Å². The number of hydrogen-bond donors (Lipinski definition) is 1. The van der Waals surface area contributed by atoms with Gasteiger partial charge >= 0.3 is 0 Å². The van der Waals surface area contributed by atoms with Crippen molar-refractivity contribution in [2.75, 3.05) is 39.4 Å². The molecular formula is C22H33N3O2. The van der Waals surface area contributed by atoms with Crippen LogP contribution in [0.3, 0.4) is 0 Å². The fourth-order valence-electron chi connectivity index (χ4n) is 4.95. The Morgan fingerprint density at radius 2 is 1.63 bits per heavy atom. The Hall–Kier alpha value is -1.43. The Balaban J connectivity index is 1.42. The monoisotopic (exact) mass is 371 g/mol. The number of nitrogens with zero attached hydrogens (tertiary/aromatic N) is 2. The minimum absolute atomic E-state index is 0.0857. The van der Waals surface area contributed by atoms with Gasteiger partial charge in [-0.15, -0.1) is 0 Å². The maximum absolute atomic E-state index is 13.4. The van der Waals surface area contributed by atoms with Crippen molar-refractivity contribution in [3.63, 3.8) is 0 Å². The Labute approximate surface area is 162 Å². The number of ether oxygens (including phenoxy) is 1. The predicted molar refractivity (Wildman–Crippen MR) is 107 cm³/mol. The van der Waals surface area contributed by atoms with Crippen LogP contribution in [0.4, 0.5) is 0 Å². The first-order valence-corrected chi connectivity index (χ1v) is 10.6. The quantitative estimate of drug-likeness (QED) is 0.862. The third kappa shape index (κ3) is 4.53. The molecule has 2 saturated heterocycles. The highest BCUT2D eigenvalue weighted by molar-refractivity contribution is 5.79. The van der Waals surface area contributed by atoms with E-state index in [2.05, 4.69) is 34.1 Å². The van der Waals surface area contributed by atoms with Crippen molar-refractivity contribution in [3.8, 4) is 0 Å². The number of fused-ring (bicyclic) bond motifs is 1. The van der Waals surface area contributed by atoms with E-state index in [1.54, 1.807) is 0 Å². The van der Waals surface area contributed by atoms with Crippen molar-refractivity contribution in [2.45, 2.75) is 50.6 Å². The molecule has 148 valence electrons. The first-order chi connectivity index (χ1) is 13.2. The van der Waals surface area contributed by atoms with Gasteiger partial charge < -0.3 is 15.4 Å². The summed E-state index contributed by atoms with van der Waals surface area (Å²) in [5.41, 5.74) is 9.16. The minimum Gasteiger partial charge on any atom is -0.381 e. The van der Waals surface area contributed by atoms with Crippen LogP contribution in [0.25, 0.3) is 0 Å². The highest BCUT2D eigenvalue weighted by Gasteiger charge is 2.33. The summed E-state index contributed by atoms with van der Waals surface area (Å²) in [5, 5.41) is 0. The molecule has 0 spiro atoms. The topological polar surface area (TPSA) is 58.8 Å². The van der Waals surface area contributed by atoms with E-state index in [1.165, 1.54) is 11.1 Å². The van der Waals surface area contributed by atoms with E-state index in [0.29, 0.717) is 11.9 Å². The molecule has 5 heteroatoms. The summed E-state index contributed by atoms with van der Waals surface area (Å²) < 4.78 is 5.53. The summed E-state index contributed by atoms with van der Waals surface area (Å²) in [6.07, 6.45) is 5.93. The molecule has 0 saturated carbocycles. The smallest absolute Gasteiger partial charge is 0.226 e. The van der Waals surface area contributed by atoms with Crippen LogP contribution in [0.15, 0.2) is 24.3 Å². The van der Waals surface area contributed by atoms with Gasteiger partial charge in [-0.1, -0.05) is 24.3 Å². The van der Waals surface area contributed by atoms with Gasteiger partial charge in [0, 0.05) is 51.5 Å². The lowest BCUT2D eigenvalue weighted by Crippen LogP contribution is -2.48. The molecule has 0 aliphatic carbocycles. The van der Waals surface area contributed by atoms with E-state index in [4.69, 9.17) is 10.5 Å². The van der Waals surface area contributed by atoms with Gasteiger partial charge in [0.15, 0.2) is 0 Å². The molecule has 0 radical (unpaired) electrons. The third-order valence-electron chi connectivity index (χ3n) is 6.60. The maximum atomic E-state index is 13.4. The van der Waals surface area contributed by atoms with Crippen LogP contribution in [-0.4, -0.2) is 67.2 Å². The standard InChI is InChI=1S/C22H33N3O2/c23-20-6-5-19(15-25(16-20)21-9-13-27-14-10-21)22(26)24-11-7-17-3-1-2-4-18(17)8-12-24/h1-4,19-21H,5-16,23H2/t19-,20+/m1/s1. The number of carbonyl (C=O) groups is 1. The van der Waals surface area contributed by atoms with Crippen LogP contribution in [0.5, 0.6) is 0 Å². The number of rotatable bonds is 2. The number of amides is 1. The Morgan fingerprint density at radius 3 is 2.30 bits per heavy atom. The molecule has 4 rings (SSSR count). The summed E-state index contributed by atoms with van der Waals surface area (Å²) in [5.74, 6) is 0.427. The van der Waals surface area contributed by atoms with Crippen molar-refractivity contribution in [3.05, 3.63) is 35.4 Å². The summed E-state index contributed by atoms with van der Waals surface area (Å²) in [4.78, 5) is 18.0. The van der Waals surface area contributed by atoms with E-state index in [9.17, 15) is 4.79 Å². The molecule has 0 aromatic heterocycles. The van der Waals surface area contributed by atoms with Gasteiger partial charge in [0.2, 0.25) is 5.91 Å². The van der Waals surface area contributed by atoms with E-state index in [0.717, 1.165) is 77.9 Å². The van der Waals surface area contributed by atoms with Crippen molar-refractivity contribution in [1.82, 2.24) is 9.80 Å². The molecule has 1 aromatic carbocycles. The van der Waals surface area contributed by atoms with Gasteiger partial charge in [0.1, 0.15) is 0 Å². The molecule has 3 aliphatic heterocycles. The zero-order valence-electron chi connectivity index (χ0n) is 16.3. The zero-order valence-corrected chi connectivity index (χ0v) is 16.3. The van der Waals surface area contributed by atoms with Gasteiger partial charge in [-0.05, 0) is 49.7 Å². The molecule has 2 atom stereocenters. The van der Waals surface area contributed by atoms with Gasteiger partial charge in [-0.25, -0.2) is 0 Å². The first kappa shape index (κ1) is 18.9. The van der Waals surface area contributed by atoms with Crippen LogP contribution < -0.4 is 5.73 Å². The number of benzene rings is 1. The lowest BCUT2D eigenvalue weighted by Gasteiger charge is -2.36. The number of hydrogen-bond acceptors (Lipinski definition) is 4. The molecule has 0 unspecified atom stereocenters. The second-order valence-electron chi connectivity index (χ2n) is 8.43. The summed E-state index contributed by atoms with van der Waals surface area (Å²) >= 11 is 0. The average Bonchev–Trinajstić information content (AvgIpc) is 3.04. The Bertz CT molecular complexity index is 617. The number of nitrogens with two attached hydrogens (primary N) is 1. The number of likely N-dealkylation sites (tertiary alicyclic amines) is 1. The first-order valence-electron chi connectivity index (χ1n) is 10.6. The second-order valence-corrected chi connectivity index (χ2v) is 8.43. The molecular weight excluding hydrogens is 338 g/mol. The molecule has 27 heavy (non-hydrogen) atoms. The van der Waals surface area contributed by atoms with Gasteiger partial charge in [-0.2, -0.15) is 0 Å². The van der Waals surface area contributed by atoms with Crippen molar-refractivity contribution < 1.29 is 9.53 Å². The van der Waals surface area contributed by atoms with Crippen molar-refractivity contribution >= 4 is 5.91 Å². The summed E-state index contributed by atoms with van der Waals surface area (Å²) in [6, 6.07) is 9.33. The lowest BCUT2D eigenvalue weighted by molar-refractivity contribution is -0.136. The molecule has 1 amide bonds. The van der Waals surface area contributed by atoms with E-state index in [-0.39, 0.29) is 12.0 Å². The SMILES string of the molecule is N[C@H]1CC[C@@H](C(=O)N2CCc3ccccc3CC2)CN(C2CCOCC2)C1. The summed E-state index contributed by atoms with van der Waals surface area (Å²) in [7, 11) is 0. The van der Waals surface area contributed by atoms with Gasteiger partial charge in [0.05, 0.1) is 5.92 Å². The molecule has 3 aliphatic rings. The van der Waals surface area contributed by atoms with Crippen molar-refractivity contribution in [2.24, 2.45) is 11.7 Å². The van der Waals surface area contributed by atoms with Crippen LogP contribution in [0, 0.1) is 5.92 Å². The highest BCUT2D eigenvalue weighted by Crippen LogP contribution is 2.25. The van der Waals surface area contributed by atoms with E-state index in [1.807, 2.05) is 0 Å². The Kier molecular flexibility index (Phi) is 6.11. The van der Waals surface area contributed by atoms with Crippen LogP contribution in [0.2, 0.25) is 0 Å². The zero-order chi connectivity index (χ0) is 18.6. The van der Waals surface area contributed by atoms with Crippen LogP contribution in [0.1, 0.15) is 36.8 Å². The van der Waals surface area contributed by atoms with Crippen LogP contribution >= 0.6 is 0 Å². The fraction of sp³-hybridized carbons (Fsp3) is 0.682. The summed E-state index contributed by atoms with van der Waals surface area (Å²) in [6.45, 7) is 5.13. The third-order valence-corrected chi connectivity index (χ3v) is 6.60. The minimum atomic E-state index is 0.0857. The molecule has 2 N–H and O–H groups in total. The predicted octanol–water partition coefficient (Wildman–Crippen LogP) is 1.83. The van der Waals surface area contributed by atoms with Crippen molar-refractivity contribution in [1.29, 1.82) is 0 Å².